The van der Waals surface area contributed by atoms with Crippen LogP contribution in [0.1, 0.15) is 24.4 Å². The normalized spacial score (nSPS) is 19.9. The van der Waals surface area contributed by atoms with Gasteiger partial charge in [0.1, 0.15) is 17.9 Å². The summed E-state index contributed by atoms with van der Waals surface area (Å²) in [5, 5.41) is 21.9. The van der Waals surface area contributed by atoms with Crippen LogP contribution in [0.5, 0.6) is 0 Å². The average molecular weight is 528 g/mol. The second kappa shape index (κ2) is 10.7. The third-order valence-electron chi connectivity index (χ3n) is 7.16. The lowest BCUT2D eigenvalue weighted by Gasteiger charge is -2.30. The summed E-state index contributed by atoms with van der Waals surface area (Å²) >= 11 is 0. The van der Waals surface area contributed by atoms with Gasteiger partial charge in [0.15, 0.2) is 5.69 Å². The molecule has 1 fully saturated rings. The number of carboxylic acids is 1. The van der Waals surface area contributed by atoms with Crippen LogP contribution in [0, 0.1) is 5.92 Å². The number of allylic oxidation sites excluding steroid dienone is 4. The number of halogens is 1. The van der Waals surface area contributed by atoms with E-state index >= 15 is 0 Å². The third-order valence-corrected chi connectivity index (χ3v) is 7.16. The number of rotatable bonds is 7. The third kappa shape index (κ3) is 5.13. The molecule has 4 aromatic rings. The van der Waals surface area contributed by atoms with Crippen molar-refractivity contribution in [1.29, 1.82) is 0 Å². The van der Waals surface area contributed by atoms with Crippen LogP contribution in [0.3, 0.4) is 0 Å². The SMILES string of the molecule is O=C(O)C1CCN(Cc2ccc(-c3noc(-c4nnn(C5C=CC=CC5F)c4-c4ccncc4)n3)cc2)CC1. The number of carboxylic acid groups (broad SMARTS) is 1. The highest BCUT2D eigenvalue weighted by Gasteiger charge is 2.29. The predicted octanol–water partition coefficient (Wildman–Crippen LogP) is 4.36. The van der Waals surface area contributed by atoms with E-state index in [1.165, 1.54) is 10.8 Å². The molecule has 4 heterocycles. The van der Waals surface area contributed by atoms with Crippen LogP contribution < -0.4 is 0 Å². The number of piperidine rings is 1. The highest BCUT2D eigenvalue weighted by molar-refractivity contribution is 5.74. The van der Waals surface area contributed by atoms with E-state index < -0.39 is 18.2 Å². The van der Waals surface area contributed by atoms with Gasteiger partial charge in [0.2, 0.25) is 5.82 Å². The number of alkyl halides is 1. The van der Waals surface area contributed by atoms with Crippen LogP contribution in [0.4, 0.5) is 4.39 Å². The van der Waals surface area contributed by atoms with E-state index in [9.17, 15) is 14.3 Å². The fraction of sp³-hybridized carbons (Fsp3) is 0.286. The summed E-state index contributed by atoms with van der Waals surface area (Å²) in [7, 11) is 0. The standard InChI is InChI=1S/C28H26FN7O3/c29-22-3-1-2-4-23(22)36-25(19-9-13-30-14-10-19)24(32-34-36)27-31-26(33-39-27)20-7-5-18(6-8-20)17-35-15-11-21(12-16-35)28(37)38/h1-10,13-14,21-23H,11-12,15-17H2,(H,37,38). The summed E-state index contributed by atoms with van der Waals surface area (Å²) in [5.74, 6) is -0.369. The molecule has 10 nitrogen and oxygen atoms in total. The van der Waals surface area contributed by atoms with E-state index in [1.807, 2.05) is 24.3 Å². The van der Waals surface area contributed by atoms with E-state index in [4.69, 9.17) is 4.52 Å². The minimum atomic E-state index is -1.26. The number of carbonyl (C=O) groups is 1. The van der Waals surface area contributed by atoms with Crippen LogP contribution in [0.25, 0.3) is 34.2 Å². The van der Waals surface area contributed by atoms with Crippen LogP contribution in [-0.4, -0.2) is 65.4 Å². The molecule has 6 rings (SSSR count). The van der Waals surface area contributed by atoms with Crippen molar-refractivity contribution in [2.75, 3.05) is 13.1 Å². The molecule has 0 saturated carbocycles. The monoisotopic (exact) mass is 527 g/mol. The summed E-state index contributed by atoms with van der Waals surface area (Å²) in [6.45, 7) is 2.29. The van der Waals surface area contributed by atoms with E-state index in [-0.39, 0.29) is 11.8 Å². The summed E-state index contributed by atoms with van der Waals surface area (Å²) in [5.41, 5.74) is 3.56. The molecule has 1 N–H and O–H groups in total. The Labute approximate surface area is 223 Å². The van der Waals surface area contributed by atoms with Gasteiger partial charge in [0.05, 0.1) is 5.92 Å². The molecule has 0 bridgehead atoms. The minimum absolute atomic E-state index is 0.180. The lowest BCUT2D eigenvalue weighted by molar-refractivity contribution is -0.143. The Bertz CT molecular complexity index is 1510. The smallest absolute Gasteiger partial charge is 0.306 e. The maximum atomic E-state index is 14.8. The molecule has 39 heavy (non-hydrogen) atoms. The molecule has 11 heteroatoms. The first-order valence-electron chi connectivity index (χ1n) is 12.8. The number of aliphatic carboxylic acids is 1. The summed E-state index contributed by atoms with van der Waals surface area (Å²) < 4.78 is 21.9. The first-order chi connectivity index (χ1) is 19.1. The molecule has 0 radical (unpaired) electrons. The molecule has 3 aromatic heterocycles. The summed E-state index contributed by atoms with van der Waals surface area (Å²) in [6, 6.07) is 10.8. The van der Waals surface area contributed by atoms with E-state index in [1.54, 1.807) is 42.8 Å². The molecule has 2 aliphatic rings. The van der Waals surface area contributed by atoms with Gasteiger partial charge < -0.3 is 9.63 Å². The number of hydrogen-bond acceptors (Lipinski definition) is 8. The number of hydrogen-bond donors (Lipinski definition) is 1. The Morgan fingerprint density at radius 2 is 1.77 bits per heavy atom. The highest BCUT2D eigenvalue weighted by Crippen LogP contribution is 2.34. The Balaban J connectivity index is 1.23. The predicted molar refractivity (Wildman–Crippen MR) is 140 cm³/mol. The highest BCUT2D eigenvalue weighted by atomic mass is 19.1. The second-order valence-electron chi connectivity index (χ2n) is 9.68. The zero-order valence-electron chi connectivity index (χ0n) is 21.0. The van der Waals surface area contributed by atoms with Gasteiger partial charge in [0, 0.05) is 30.1 Å². The summed E-state index contributed by atoms with van der Waals surface area (Å²) in [6.07, 6.45) is 10.1. The van der Waals surface area contributed by atoms with Crippen molar-refractivity contribution in [3.63, 3.8) is 0 Å². The van der Waals surface area contributed by atoms with Gasteiger partial charge in [-0.25, -0.2) is 9.07 Å². The Kier molecular flexibility index (Phi) is 6.80. The molecule has 1 aromatic carbocycles. The van der Waals surface area contributed by atoms with Gasteiger partial charge in [-0.15, -0.1) is 5.10 Å². The quantitative estimate of drug-likeness (QED) is 0.373. The van der Waals surface area contributed by atoms with Crippen molar-refractivity contribution in [3.05, 3.63) is 78.7 Å². The van der Waals surface area contributed by atoms with Crippen molar-refractivity contribution >= 4 is 5.97 Å². The Hall–Kier alpha value is -4.51. The van der Waals surface area contributed by atoms with Crippen molar-refractivity contribution < 1.29 is 18.8 Å². The van der Waals surface area contributed by atoms with Crippen LogP contribution in [0.2, 0.25) is 0 Å². The molecule has 198 valence electrons. The largest absolute Gasteiger partial charge is 0.481 e. The number of pyridine rings is 1. The van der Waals surface area contributed by atoms with Crippen LogP contribution in [-0.2, 0) is 11.3 Å². The minimum Gasteiger partial charge on any atom is -0.481 e. The molecular formula is C28H26FN7O3. The molecule has 0 amide bonds. The lowest BCUT2D eigenvalue weighted by atomic mass is 9.97. The Morgan fingerprint density at radius 3 is 2.49 bits per heavy atom. The maximum absolute atomic E-state index is 14.8. The molecule has 0 spiro atoms. The average Bonchev–Trinajstić information content (AvgIpc) is 3.62. The zero-order chi connectivity index (χ0) is 26.8. The van der Waals surface area contributed by atoms with Gasteiger partial charge in [-0.3, -0.25) is 14.7 Å². The lowest BCUT2D eigenvalue weighted by Crippen LogP contribution is -2.35. The fourth-order valence-electron chi connectivity index (χ4n) is 5.00. The van der Waals surface area contributed by atoms with E-state index in [0.717, 1.165) is 36.3 Å². The van der Waals surface area contributed by atoms with E-state index in [2.05, 4.69) is 30.3 Å². The number of likely N-dealkylation sites (tertiary alicyclic amines) is 1. The first kappa shape index (κ1) is 24.8. The van der Waals surface area contributed by atoms with Crippen LogP contribution >= 0.6 is 0 Å². The molecular weight excluding hydrogens is 501 g/mol. The molecule has 1 aliphatic carbocycles. The van der Waals surface area contributed by atoms with Crippen molar-refractivity contribution in [2.24, 2.45) is 5.92 Å². The van der Waals surface area contributed by atoms with Crippen LogP contribution in [0.15, 0.2) is 77.6 Å². The van der Waals surface area contributed by atoms with Gasteiger partial charge in [-0.1, -0.05) is 52.9 Å². The second-order valence-corrected chi connectivity index (χ2v) is 9.68. The number of benzene rings is 1. The van der Waals surface area contributed by atoms with Gasteiger partial charge in [-0.2, -0.15) is 4.98 Å². The molecule has 2 unspecified atom stereocenters. The zero-order valence-corrected chi connectivity index (χ0v) is 21.0. The van der Waals surface area contributed by atoms with Gasteiger partial charge >= 0.3 is 5.97 Å². The summed E-state index contributed by atoms with van der Waals surface area (Å²) in [4.78, 5) is 22.1. The van der Waals surface area contributed by atoms with Gasteiger partial charge in [0.25, 0.3) is 5.89 Å². The van der Waals surface area contributed by atoms with E-state index in [0.29, 0.717) is 30.1 Å². The maximum Gasteiger partial charge on any atom is 0.306 e. The fourth-order valence-corrected chi connectivity index (χ4v) is 5.00. The number of aromatic nitrogens is 6. The van der Waals surface area contributed by atoms with Crippen molar-refractivity contribution in [3.8, 4) is 34.2 Å². The molecule has 2 atom stereocenters. The van der Waals surface area contributed by atoms with Crippen molar-refractivity contribution in [2.45, 2.75) is 31.6 Å². The molecule has 1 aliphatic heterocycles. The van der Waals surface area contributed by atoms with Crippen molar-refractivity contribution in [1.82, 2.24) is 35.0 Å². The Morgan fingerprint density at radius 1 is 1.03 bits per heavy atom. The number of nitrogens with zero attached hydrogens (tertiary/aromatic N) is 7. The topological polar surface area (TPSA) is 123 Å². The molecule has 1 saturated heterocycles. The first-order valence-corrected chi connectivity index (χ1v) is 12.8. The van der Waals surface area contributed by atoms with Gasteiger partial charge in [-0.05, 0) is 49.7 Å².